The first-order chi connectivity index (χ1) is 18.6. The number of rotatable bonds is 7. The van der Waals surface area contributed by atoms with Gasteiger partial charge in [0.25, 0.3) is 11.1 Å². The van der Waals surface area contributed by atoms with Gasteiger partial charge in [0.1, 0.15) is 0 Å². The van der Waals surface area contributed by atoms with Crippen LogP contribution < -0.4 is 25.0 Å². The molecular formula is C27H26N6O4S. The van der Waals surface area contributed by atoms with Crippen molar-refractivity contribution in [1.29, 1.82) is 0 Å². The van der Waals surface area contributed by atoms with E-state index in [1.54, 1.807) is 18.3 Å². The molecule has 2 fully saturated rings. The molecule has 0 radical (unpaired) electrons. The van der Waals surface area contributed by atoms with Crippen LogP contribution in [0.15, 0.2) is 53.6 Å². The van der Waals surface area contributed by atoms with E-state index in [9.17, 15) is 9.59 Å². The molecule has 6 rings (SSSR count). The fourth-order valence-corrected chi connectivity index (χ4v) is 5.35. The monoisotopic (exact) mass is 530 g/mol. The lowest BCUT2D eigenvalue weighted by Crippen LogP contribution is -2.38. The van der Waals surface area contributed by atoms with Gasteiger partial charge < -0.3 is 19.7 Å². The maximum absolute atomic E-state index is 11.8. The largest absolute Gasteiger partial charge is 0.454 e. The van der Waals surface area contributed by atoms with Crippen molar-refractivity contribution in [2.75, 3.05) is 31.3 Å². The number of hydrogen-bond donors (Lipinski definition) is 2. The normalized spacial score (nSPS) is 18.3. The second kappa shape index (κ2) is 10.8. The zero-order valence-electron chi connectivity index (χ0n) is 20.6. The van der Waals surface area contributed by atoms with E-state index in [4.69, 9.17) is 14.5 Å². The molecule has 1 aromatic carbocycles. The van der Waals surface area contributed by atoms with Gasteiger partial charge in [0.2, 0.25) is 12.7 Å². The Labute approximate surface area is 223 Å². The van der Waals surface area contributed by atoms with Gasteiger partial charge in [-0.05, 0) is 79.5 Å². The highest BCUT2D eigenvalue weighted by Gasteiger charge is 2.26. The van der Waals surface area contributed by atoms with Gasteiger partial charge in [-0.1, -0.05) is 6.07 Å². The van der Waals surface area contributed by atoms with E-state index in [1.807, 2.05) is 36.4 Å². The van der Waals surface area contributed by atoms with Crippen molar-refractivity contribution >= 4 is 34.9 Å². The van der Waals surface area contributed by atoms with E-state index < -0.39 is 0 Å². The molecule has 0 atom stereocenters. The van der Waals surface area contributed by atoms with Gasteiger partial charge in [0, 0.05) is 31.4 Å². The number of pyridine rings is 1. The molecule has 194 valence electrons. The summed E-state index contributed by atoms with van der Waals surface area (Å²) in [5.41, 5.74) is 3.52. The van der Waals surface area contributed by atoms with Crippen molar-refractivity contribution in [3.05, 3.63) is 65.0 Å². The average Bonchev–Trinajstić information content (AvgIpc) is 3.54. The number of carbonyl (C=O) groups is 2. The van der Waals surface area contributed by atoms with Gasteiger partial charge >= 0.3 is 0 Å². The highest BCUT2D eigenvalue weighted by molar-refractivity contribution is 8.18. The number of ether oxygens (including phenoxy) is 2. The Balaban J connectivity index is 0.998. The number of piperidine rings is 1. The standard InChI is InChI=1S/C27H26N6O4S/c34-25-24(38-27(35)32-25)13-19-6-9-29-26(31-19)33-10-7-17(8-11-33)14-28-15-20-2-1-3-21(30-20)18-4-5-22-23(12-18)37-16-36-22/h1-6,9,12-13,17,28H,7-8,10-11,14-16H2,(H,32,34,35)/b24-13-. The first-order valence-corrected chi connectivity index (χ1v) is 13.3. The predicted octanol–water partition coefficient (Wildman–Crippen LogP) is 3.60. The molecule has 3 aromatic rings. The Kier molecular flexibility index (Phi) is 6.93. The third-order valence-corrected chi connectivity index (χ3v) is 7.51. The molecule has 2 N–H and O–H groups in total. The van der Waals surface area contributed by atoms with Crippen molar-refractivity contribution < 1.29 is 19.1 Å². The van der Waals surface area contributed by atoms with Gasteiger partial charge in [-0.3, -0.25) is 19.9 Å². The maximum Gasteiger partial charge on any atom is 0.290 e. The number of anilines is 1. The molecule has 0 bridgehead atoms. The fraction of sp³-hybridized carbons (Fsp3) is 0.296. The second-order valence-electron chi connectivity index (χ2n) is 9.28. The van der Waals surface area contributed by atoms with Crippen LogP contribution in [0.25, 0.3) is 17.3 Å². The summed E-state index contributed by atoms with van der Waals surface area (Å²) in [5, 5.41) is 5.47. The quantitative estimate of drug-likeness (QED) is 0.439. The lowest BCUT2D eigenvalue weighted by Gasteiger charge is -2.32. The van der Waals surface area contributed by atoms with Crippen LogP contribution >= 0.6 is 11.8 Å². The predicted molar refractivity (Wildman–Crippen MR) is 144 cm³/mol. The number of hydrogen-bond acceptors (Lipinski definition) is 10. The summed E-state index contributed by atoms with van der Waals surface area (Å²) in [6.45, 7) is 3.59. The van der Waals surface area contributed by atoms with Crippen molar-refractivity contribution in [2.45, 2.75) is 19.4 Å². The topological polar surface area (TPSA) is 119 Å². The molecule has 3 aliphatic rings. The summed E-state index contributed by atoms with van der Waals surface area (Å²) in [6.07, 6.45) is 5.37. The first-order valence-electron chi connectivity index (χ1n) is 12.5. The van der Waals surface area contributed by atoms with E-state index in [-0.39, 0.29) is 17.9 Å². The van der Waals surface area contributed by atoms with Crippen LogP contribution in [0.5, 0.6) is 11.5 Å². The molecule has 0 unspecified atom stereocenters. The van der Waals surface area contributed by atoms with Gasteiger partial charge in [0.05, 0.1) is 22.0 Å². The molecule has 2 saturated heterocycles. The van der Waals surface area contributed by atoms with Crippen molar-refractivity contribution in [3.8, 4) is 22.8 Å². The highest BCUT2D eigenvalue weighted by Crippen LogP contribution is 2.35. The summed E-state index contributed by atoms with van der Waals surface area (Å²) in [6, 6.07) is 13.7. The molecule has 2 aromatic heterocycles. The number of nitrogens with zero attached hydrogens (tertiary/aromatic N) is 4. The van der Waals surface area contributed by atoms with E-state index >= 15 is 0 Å². The number of nitrogens with one attached hydrogen (secondary N) is 2. The minimum Gasteiger partial charge on any atom is -0.454 e. The number of carbonyl (C=O) groups excluding carboxylic acids is 2. The molecule has 2 amide bonds. The molecule has 10 nitrogen and oxygen atoms in total. The van der Waals surface area contributed by atoms with Crippen LogP contribution in [0, 0.1) is 5.92 Å². The Morgan fingerprint density at radius 2 is 1.95 bits per heavy atom. The minimum absolute atomic E-state index is 0.259. The second-order valence-corrected chi connectivity index (χ2v) is 10.3. The third kappa shape index (κ3) is 5.48. The Bertz CT molecular complexity index is 1410. The zero-order chi connectivity index (χ0) is 25.9. The summed E-state index contributed by atoms with van der Waals surface area (Å²) in [4.78, 5) is 39.6. The number of amides is 2. The van der Waals surface area contributed by atoms with Crippen LogP contribution in [-0.4, -0.2) is 52.5 Å². The van der Waals surface area contributed by atoms with Crippen molar-refractivity contribution in [3.63, 3.8) is 0 Å². The van der Waals surface area contributed by atoms with Gasteiger partial charge in [-0.15, -0.1) is 0 Å². The number of fused-ring (bicyclic) bond motifs is 1. The molecular weight excluding hydrogens is 504 g/mol. The third-order valence-electron chi connectivity index (χ3n) is 6.70. The van der Waals surface area contributed by atoms with Crippen LogP contribution in [0.4, 0.5) is 10.7 Å². The number of aromatic nitrogens is 3. The first kappa shape index (κ1) is 24.4. The average molecular weight is 531 g/mol. The van der Waals surface area contributed by atoms with E-state index in [0.717, 1.165) is 72.7 Å². The summed E-state index contributed by atoms with van der Waals surface area (Å²) < 4.78 is 10.9. The highest BCUT2D eigenvalue weighted by atomic mass is 32.2. The summed E-state index contributed by atoms with van der Waals surface area (Å²) in [7, 11) is 0. The van der Waals surface area contributed by atoms with Gasteiger partial charge in [0.15, 0.2) is 11.5 Å². The summed E-state index contributed by atoms with van der Waals surface area (Å²) in [5.74, 6) is 2.33. The number of benzene rings is 1. The Hall–Kier alpha value is -3.96. The Morgan fingerprint density at radius 1 is 1.08 bits per heavy atom. The van der Waals surface area contributed by atoms with Crippen LogP contribution in [-0.2, 0) is 11.3 Å². The SMILES string of the molecule is O=C1NC(=O)/C(=C/c2ccnc(N3CCC(CNCc4cccc(-c5ccc6c(c5)OCO6)n4)CC3)n2)S1. The van der Waals surface area contributed by atoms with Gasteiger partial charge in [-0.2, -0.15) is 0 Å². The maximum atomic E-state index is 11.8. The minimum atomic E-state index is -0.386. The van der Waals surface area contributed by atoms with Crippen LogP contribution in [0.2, 0.25) is 0 Å². The molecule has 5 heterocycles. The Morgan fingerprint density at radius 3 is 2.79 bits per heavy atom. The molecule has 0 spiro atoms. The van der Waals surface area contributed by atoms with Crippen molar-refractivity contribution in [2.24, 2.45) is 5.92 Å². The molecule has 3 aliphatic heterocycles. The summed E-state index contributed by atoms with van der Waals surface area (Å²) >= 11 is 0.886. The lowest BCUT2D eigenvalue weighted by atomic mass is 9.97. The van der Waals surface area contributed by atoms with E-state index in [0.29, 0.717) is 29.0 Å². The fourth-order valence-electron chi connectivity index (χ4n) is 4.69. The van der Waals surface area contributed by atoms with E-state index in [2.05, 4.69) is 25.5 Å². The molecule has 11 heteroatoms. The zero-order valence-corrected chi connectivity index (χ0v) is 21.4. The molecule has 0 saturated carbocycles. The lowest BCUT2D eigenvalue weighted by molar-refractivity contribution is -0.115. The van der Waals surface area contributed by atoms with Crippen LogP contribution in [0.3, 0.4) is 0 Å². The van der Waals surface area contributed by atoms with Crippen LogP contribution in [0.1, 0.15) is 24.2 Å². The van der Waals surface area contributed by atoms with Crippen molar-refractivity contribution in [1.82, 2.24) is 25.6 Å². The van der Waals surface area contributed by atoms with Gasteiger partial charge in [-0.25, -0.2) is 9.97 Å². The molecule has 0 aliphatic carbocycles. The number of imide groups is 1. The van der Waals surface area contributed by atoms with E-state index in [1.165, 1.54) is 0 Å². The molecule has 38 heavy (non-hydrogen) atoms. The smallest absolute Gasteiger partial charge is 0.290 e. The number of thioether (sulfide) groups is 1.